The largest absolute Gasteiger partial charge is 0.248 e. The molecule has 0 bridgehead atoms. The molecule has 1 rings (SSSR count). The molecule has 0 aliphatic heterocycles. The van der Waals surface area contributed by atoms with Crippen LogP contribution in [-0.2, 0) is 0 Å². The van der Waals surface area contributed by atoms with Gasteiger partial charge in [-0.25, -0.2) is 8.78 Å². The summed E-state index contributed by atoms with van der Waals surface area (Å²) < 4.78 is 24.8. The molecule has 1 aliphatic rings. The Kier molecular flexibility index (Phi) is 1.30. The monoisotopic (exact) mass is 133 g/mol. The van der Waals surface area contributed by atoms with Crippen LogP contribution in [0.5, 0.6) is 0 Å². The van der Waals surface area contributed by atoms with Crippen LogP contribution >= 0.6 is 0 Å². The van der Waals surface area contributed by atoms with Crippen LogP contribution in [0.25, 0.3) is 0 Å². The summed E-state index contributed by atoms with van der Waals surface area (Å²) in [7, 11) is 0. The fourth-order valence-electron chi connectivity index (χ4n) is 1.29. The fourth-order valence-corrected chi connectivity index (χ4v) is 1.29. The second-order valence-corrected chi connectivity index (χ2v) is 3.34. The number of rotatable bonds is 0. The van der Waals surface area contributed by atoms with Crippen LogP contribution in [-0.4, -0.2) is 5.92 Å². The minimum absolute atomic E-state index is 0.0208. The van der Waals surface area contributed by atoms with Crippen molar-refractivity contribution in [1.82, 2.24) is 0 Å². The summed E-state index contributed by atoms with van der Waals surface area (Å²) in [6.07, 6.45) is 0.535. The molecule has 1 fully saturated rings. The first kappa shape index (κ1) is 6.97. The summed E-state index contributed by atoms with van der Waals surface area (Å²) in [6, 6.07) is 0. The van der Waals surface area contributed by atoms with E-state index in [1.165, 1.54) is 0 Å². The summed E-state index contributed by atoms with van der Waals surface area (Å²) in [5.74, 6) is -2.43. The second-order valence-electron chi connectivity index (χ2n) is 3.34. The Morgan fingerprint density at radius 3 is 2.00 bits per heavy atom. The number of halogens is 2. The summed E-state index contributed by atoms with van der Waals surface area (Å²) in [5.41, 5.74) is -0.372. The molecular formula is C7H11F2. The van der Waals surface area contributed by atoms with Crippen molar-refractivity contribution in [3.8, 4) is 0 Å². The molecule has 0 saturated heterocycles. The second kappa shape index (κ2) is 1.68. The van der Waals surface area contributed by atoms with Gasteiger partial charge in [0.25, 0.3) is 0 Å². The lowest BCUT2D eigenvalue weighted by molar-refractivity contribution is 0.00145. The van der Waals surface area contributed by atoms with E-state index in [1.807, 2.05) is 0 Å². The minimum atomic E-state index is -2.43. The first-order valence-corrected chi connectivity index (χ1v) is 3.15. The number of hydrogen-bond donors (Lipinski definition) is 0. The van der Waals surface area contributed by atoms with Crippen LogP contribution in [0.3, 0.4) is 0 Å². The highest BCUT2D eigenvalue weighted by molar-refractivity contribution is 4.91. The van der Waals surface area contributed by atoms with Gasteiger partial charge in [-0.15, -0.1) is 0 Å². The van der Waals surface area contributed by atoms with Crippen molar-refractivity contribution in [2.24, 2.45) is 5.41 Å². The number of hydrogen-bond acceptors (Lipinski definition) is 0. The molecule has 1 unspecified atom stereocenters. The molecule has 53 valence electrons. The van der Waals surface area contributed by atoms with E-state index in [0.29, 0.717) is 6.42 Å². The third-order valence-electron chi connectivity index (χ3n) is 1.78. The molecule has 0 spiro atoms. The maximum atomic E-state index is 12.4. The molecule has 0 N–H and O–H groups in total. The van der Waals surface area contributed by atoms with E-state index in [4.69, 9.17) is 0 Å². The Labute approximate surface area is 54.3 Å². The van der Waals surface area contributed by atoms with Crippen LogP contribution in [0.2, 0.25) is 0 Å². The molecule has 1 aliphatic carbocycles. The zero-order chi connectivity index (χ0) is 7.12. The molecule has 2 heteroatoms. The van der Waals surface area contributed by atoms with Crippen LogP contribution < -0.4 is 0 Å². The Balaban J connectivity index is 2.58. The van der Waals surface area contributed by atoms with E-state index in [2.05, 4.69) is 6.92 Å². The van der Waals surface area contributed by atoms with Gasteiger partial charge in [-0.3, -0.25) is 0 Å². The van der Waals surface area contributed by atoms with E-state index < -0.39 is 5.92 Å². The van der Waals surface area contributed by atoms with Gasteiger partial charge < -0.3 is 0 Å². The van der Waals surface area contributed by atoms with Gasteiger partial charge in [0.1, 0.15) is 0 Å². The average Bonchev–Trinajstić information content (AvgIpc) is 1.78. The Hall–Kier alpha value is -0.140. The molecule has 0 heterocycles. The number of alkyl halides is 2. The highest BCUT2D eigenvalue weighted by atomic mass is 19.3. The molecule has 1 atom stereocenters. The summed E-state index contributed by atoms with van der Waals surface area (Å²) in [5, 5.41) is 0. The van der Waals surface area contributed by atoms with Crippen molar-refractivity contribution >= 4 is 0 Å². The first-order chi connectivity index (χ1) is 3.91. The molecule has 0 aromatic heterocycles. The van der Waals surface area contributed by atoms with Crippen molar-refractivity contribution in [3.63, 3.8) is 0 Å². The van der Waals surface area contributed by atoms with E-state index >= 15 is 0 Å². The van der Waals surface area contributed by atoms with Gasteiger partial charge in [0, 0.05) is 12.8 Å². The summed E-state index contributed by atoms with van der Waals surface area (Å²) >= 11 is 0. The minimum Gasteiger partial charge on any atom is -0.207 e. The van der Waals surface area contributed by atoms with Crippen LogP contribution in [0.15, 0.2) is 0 Å². The maximum absolute atomic E-state index is 12.4. The quantitative estimate of drug-likeness (QED) is 0.476. The van der Waals surface area contributed by atoms with Crippen molar-refractivity contribution in [3.05, 3.63) is 6.92 Å². The van der Waals surface area contributed by atoms with Gasteiger partial charge in [-0.1, -0.05) is 6.92 Å². The third-order valence-corrected chi connectivity index (χ3v) is 1.78. The Bertz CT molecular complexity index is 102. The smallest absolute Gasteiger partial charge is 0.207 e. The maximum Gasteiger partial charge on any atom is 0.248 e. The lowest BCUT2D eigenvalue weighted by Gasteiger charge is -2.15. The normalized spacial score (nSPS) is 30.7. The van der Waals surface area contributed by atoms with Gasteiger partial charge in [-0.2, -0.15) is 0 Å². The van der Waals surface area contributed by atoms with Gasteiger partial charge in [0.15, 0.2) is 0 Å². The van der Waals surface area contributed by atoms with Crippen LogP contribution in [0.1, 0.15) is 26.2 Å². The molecule has 1 saturated carbocycles. The predicted octanol–water partition coefficient (Wildman–Crippen LogP) is 2.65. The van der Waals surface area contributed by atoms with Crippen molar-refractivity contribution in [1.29, 1.82) is 0 Å². The molecule has 0 nitrogen and oxygen atoms in total. The molecule has 0 aromatic carbocycles. The van der Waals surface area contributed by atoms with E-state index in [0.717, 1.165) is 0 Å². The van der Waals surface area contributed by atoms with Gasteiger partial charge in [0.05, 0.1) is 0 Å². The van der Waals surface area contributed by atoms with E-state index in [9.17, 15) is 8.78 Å². The molecule has 0 aromatic rings. The third kappa shape index (κ3) is 1.63. The predicted molar refractivity (Wildman–Crippen MR) is 32.3 cm³/mol. The zero-order valence-corrected chi connectivity index (χ0v) is 5.58. The van der Waals surface area contributed by atoms with Gasteiger partial charge in [-0.05, 0) is 18.8 Å². The topological polar surface area (TPSA) is 0 Å². The summed E-state index contributed by atoms with van der Waals surface area (Å²) in [6.45, 7) is 5.47. The standard InChI is InChI=1S/C7H11F2/c1-6(2)3-4-7(8,9)5-6/h1,3-5H2,2H3. The van der Waals surface area contributed by atoms with Gasteiger partial charge in [0.2, 0.25) is 5.92 Å². The van der Waals surface area contributed by atoms with Crippen LogP contribution in [0, 0.1) is 12.3 Å². The molecule has 1 radical (unpaired) electrons. The first-order valence-electron chi connectivity index (χ1n) is 3.15. The molecular weight excluding hydrogens is 122 g/mol. The van der Waals surface area contributed by atoms with E-state index in [-0.39, 0.29) is 18.3 Å². The summed E-state index contributed by atoms with van der Waals surface area (Å²) in [4.78, 5) is 0. The van der Waals surface area contributed by atoms with E-state index in [1.54, 1.807) is 6.92 Å². The van der Waals surface area contributed by atoms with Gasteiger partial charge >= 0.3 is 0 Å². The lowest BCUT2D eigenvalue weighted by Crippen LogP contribution is -2.13. The van der Waals surface area contributed by atoms with Crippen LogP contribution in [0.4, 0.5) is 8.78 Å². The zero-order valence-electron chi connectivity index (χ0n) is 5.58. The van der Waals surface area contributed by atoms with Crippen molar-refractivity contribution < 1.29 is 8.78 Å². The van der Waals surface area contributed by atoms with Crippen molar-refractivity contribution in [2.45, 2.75) is 32.1 Å². The highest BCUT2D eigenvalue weighted by Crippen LogP contribution is 2.46. The fraction of sp³-hybridized carbons (Fsp3) is 0.857. The highest BCUT2D eigenvalue weighted by Gasteiger charge is 2.43. The Morgan fingerprint density at radius 2 is 1.89 bits per heavy atom. The lowest BCUT2D eigenvalue weighted by atomic mass is 9.92. The average molecular weight is 133 g/mol. The molecule has 9 heavy (non-hydrogen) atoms. The SMILES string of the molecule is [CH2]C1(C)CCC(F)(F)C1. The Morgan fingerprint density at radius 1 is 1.33 bits per heavy atom. The molecule has 0 amide bonds. The van der Waals surface area contributed by atoms with Crippen molar-refractivity contribution in [2.75, 3.05) is 0 Å².